The first-order valence-electron chi connectivity index (χ1n) is 5.29. The molecular weight excluding hydrogens is 239 g/mol. The minimum absolute atomic E-state index is 0. The molecule has 2 nitrogen and oxygen atoms in total. The first-order chi connectivity index (χ1) is 7.22. The Morgan fingerprint density at radius 3 is 2.65 bits per heavy atom. The van der Waals surface area contributed by atoms with Crippen LogP contribution in [0.1, 0.15) is 25.8 Å². The normalized spacial score (nSPS) is 9.12. The molecule has 90 valence electrons. The summed E-state index contributed by atoms with van der Waals surface area (Å²) in [6, 6.07) is 7.88. The maximum atomic E-state index is 10.1. The molecule has 0 aromatic heterocycles. The van der Waals surface area contributed by atoms with E-state index >= 15 is 0 Å². The van der Waals surface area contributed by atoms with Crippen LogP contribution in [0.25, 0.3) is 0 Å². The number of hydrogen-bond acceptors (Lipinski definition) is 2. The van der Waals surface area contributed by atoms with Crippen molar-refractivity contribution in [1.29, 1.82) is 0 Å². The van der Waals surface area contributed by atoms with E-state index in [0.717, 1.165) is 24.3 Å². The van der Waals surface area contributed by atoms with Crippen LogP contribution in [0.15, 0.2) is 24.3 Å². The predicted molar refractivity (Wildman–Crippen MR) is 67.2 cm³/mol. The molecular formula is C14H20KO2-. The summed E-state index contributed by atoms with van der Waals surface area (Å²) in [7, 11) is 0. The third kappa shape index (κ3) is 8.97. The summed E-state index contributed by atoms with van der Waals surface area (Å²) in [6.07, 6.45) is 3.09. The Hall–Kier alpha value is 0.326. The first-order valence-corrected chi connectivity index (χ1v) is 5.29. The van der Waals surface area contributed by atoms with Gasteiger partial charge in [-0.15, -0.1) is 6.42 Å². The molecule has 17 heavy (non-hydrogen) atoms. The number of hydrogen-bond donors (Lipinski definition) is 0. The maximum Gasteiger partial charge on any atom is 1.00 e. The van der Waals surface area contributed by atoms with E-state index in [1.54, 1.807) is 0 Å². The van der Waals surface area contributed by atoms with Crippen LogP contribution in [0.5, 0.6) is 5.75 Å². The van der Waals surface area contributed by atoms with E-state index in [1.807, 2.05) is 30.6 Å². The van der Waals surface area contributed by atoms with Crippen molar-refractivity contribution in [2.24, 2.45) is 5.92 Å². The molecule has 0 radical (unpaired) electrons. The van der Waals surface area contributed by atoms with Crippen molar-refractivity contribution >= 4 is 6.29 Å². The van der Waals surface area contributed by atoms with Gasteiger partial charge in [0.15, 0.2) is 0 Å². The molecule has 0 saturated heterocycles. The van der Waals surface area contributed by atoms with E-state index in [-0.39, 0.29) is 58.8 Å². The van der Waals surface area contributed by atoms with Crippen molar-refractivity contribution in [2.45, 2.75) is 26.7 Å². The summed E-state index contributed by atoms with van der Waals surface area (Å²) in [4.78, 5) is 10.1. The molecule has 0 atom stereocenters. The van der Waals surface area contributed by atoms with Gasteiger partial charge in [-0.25, -0.2) is 0 Å². The molecule has 0 heterocycles. The zero-order valence-corrected chi connectivity index (χ0v) is 14.4. The average Bonchev–Trinajstić information content (AvgIpc) is 2.24. The molecule has 0 aliphatic carbocycles. The van der Waals surface area contributed by atoms with Gasteiger partial charge < -0.3 is 17.0 Å². The quantitative estimate of drug-likeness (QED) is 0.539. The Labute approximate surface area is 148 Å². The Bertz CT molecular complexity index is 311. The number of aryl methyl sites for hydroxylation is 1. The van der Waals surface area contributed by atoms with Crippen LogP contribution in [0.4, 0.5) is 0 Å². The molecule has 1 rings (SSSR count). The van der Waals surface area contributed by atoms with E-state index in [2.05, 4.69) is 13.8 Å². The van der Waals surface area contributed by atoms with Gasteiger partial charge in [0, 0.05) is 0 Å². The fourth-order valence-electron chi connectivity index (χ4n) is 1.25. The van der Waals surface area contributed by atoms with Gasteiger partial charge in [-0.2, -0.15) is 0 Å². The maximum absolute atomic E-state index is 10.1. The smallest absolute Gasteiger partial charge is 0.542 e. The molecule has 0 spiro atoms. The van der Waals surface area contributed by atoms with Gasteiger partial charge in [-0.3, -0.25) is 6.29 Å². The SMILES string of the molecule is CC(C)COc1cccc(CC[C-]=O)c1.[CH3-].[K+]. The Balaban J connectivity index is 0. The average molecular weight is 259 g/mol. The number of ether oxygens (including phenoxy) is 1. The van der Waals surface area contributed by atoms with Gasteiger partial charge >= 0.3 is 51.4 Å². The zero-order valence-electron chi connectivity index (χ0n) is 11.3. The van der Waals surface area contributed by atoms with E-state index in [4.69, 9.17) is 4.74 Å². The summed E-state index contributed by atoms with van der Waals surface area (Å²) in [6.45, 7) is 4.96. The third-order valence-corrected chi connectivity index (χ3v) is 2.00. The third-order valence-electron chi connectivity index (χ3n) is 2.00. The fourth-order valence-corrected chi connectivity index (χ4v) is 1.25. The summed E-state index contributed by atoms with van der Waals surface area (Å²) < 4.78 is 5.59. The second kappa shape index (κ2) is 11.4. The molecule has 0 aliphatic rings. The van der Waals surface area contributed by atoms with Crippen LogP contribution < -0.4 is 56.1 Å². The summed E-state index contributed by atoms with van der Waals surface area (Å²) in [5, 5.41) is 0. The molecule has 0 saturated carbocycles. The van der Waals surface area contributed by atoms with Gasteiger partial charge in [0.05, 0.1) is 6.61 Å². The minimum Gasteiger partial charge on any atom is -0.542 e. The second-order valence-electron chi connectivity index (χ2n) is 4.00. The van der Waals surface area contributed by atoms with E-state index in [9.17, 15) is 4.79 Å². The van der Waals surface area contributed by atoms with Gasteiger partial charge in [0.2, 0.25) is 0 Å². The number of rotatable bonds is 6. The van der Waals surface area contributed by atoms with Crippen molar-refractivity contribution in [3.8, 4) is 5.75 Å². The molecule has 0 unspecified atom stereocenters. The molecule has 0 fully saturated rings. The fraction of sp³-hybridized carbons (Fsp3) is 0.429. The van der Waals surface area contributed by atoms with Crippen molar-refractivity contribution in [2.75, 3.05) is 6.61 Å². The largest absolute Gasteiger partial charge is 1.00 e. The van der Waals surface area contributed by atoms with E-state index in [0.29, 0.717) is 12.3 Å². The molecule has 1 aromatic carbocycles. The Morgan fingerprint density at radius 2 is 2.06 bits per heavy atom. The van der Waals surface area contributed by atoms with Crippen molar-refractivity contribution in [1.82, 2.24) is 0 Å². The second-order valence-corrected chi connectivity index (χ2v) is 4.00. The molecule has 0 aliphatic heterocycles. The standard InChI is InChI=1S/C13H17O2.CH3.K/c1-11(2)10-15-13-7-3-5-12(9-13)6-4-8-14;;/h3,5,7,9,11H,4,6,10H2,1-2H3;1H3;/q2*-1;+1. The minimum atomic E-state index is 0. The van der Waals surface area contributed by atoms with E-state index in [1.165, 1.54) is 0 Å². The number of carbonyl (C=O) groups excluding carboxylic acids is 1. The van der Waals surface area contributed by atoms with Crippen LogP contribution in [-0.4, -0.2) is 12.9 Å². The summed E-state index contributed by atoms with van der Waals surface area (Å²) in [5.41, 5.74) is 1.12. The summed E-state index contributed by atoms with van der Waals surface area (Å²) in [5.74, 6) is 1.41. The molecule has 0 bridgehead atoms. The topological polar surface area (TPSA) is 26.3 Å². The Kier molecular flexibility index (Phi) is 13.2. The van der Waals surface area contributed by atoms with Crippen molar-refractivity contribution < 1.29 is 60.9 Å². The van der Waals surface area contributed by atoms with Crippen molar-refractivity contribution in [3.63, 3.8) is 0 Å². The molecule has 3 heteroatoms. The van der Waals surface area contributed by atoms with Crippen LogP contribution in [-0.2, 0) is 11.2 Å². The van der Waals surface area contributed by atoms with Gasteiger partial charge in [-0.1, -0.05) is 32.4 Å². The van der Waals surface area contributed by atoms with Gasteiger partial charge in [0.25, 0.3) is 0 Å². The van der Waals surface area contributed by atoms with E-state index < -0.39 is 0 Å². The van der Waals surface area contributed by atoms with Gasteiger partial charge in [-0.05, 0) is 23.6 Å². The monoisotopic (exact) mass is 259 g/mol. The van der Waals surface area contributed by atoms with Crippen molar-refractivity contribution in [3.05, 3.63) is 37.3 Å². The van der Waals surface area contributed by atoms with Crippen LogP contribution >= 0.6 is 0 Å². The summed E-state index contributed by atoms with van der Waals surface area (Å²) >= 11 is 0. The molecule has 0 amide bonds. The molecule has 0 N–H and O–H groups in total. The Morgan fingerprint density at radius 1 is 1.35 bits per heavy atom. The number of benzene rings is 1. The van der Waals surface area contributed by atoms with Crippen LogP contribution in [0.3, 0.4) is 0 Å². The van der Waals surface area contributed by atoms with Gasteiger partial charge in [0.1, 0.15) is 5.75 Å². The van der Waals surface area contributed by atoms with Crippen LogP contribution in [0, 0.1) is 13.3 Å². The predicted octanol–water partition coefficient (Wildman–Crippen LogP) is 0.218. The van der Waals surface area contributed by atoms with Crippen LogP contribution in [0.2, 0.25) is 0 Å². The first kappa shape index (κ1) is 19.7. The zero-order chi connectivity index (χ0) is 11.1. The molecule has 1 aromatic rings.